The number of aliphatic hydroxyl groups is 1. The van der Waals surface area contributed by atoms with Crippen LogP contribution in [0.25, 0.3) is 0 Å². The standard InChI is InChI=1S/C12H23NO4/c1-8-9(7-14)13(12(5,6)16-8)10(15)17-11(2,3)4/h8-9,14H,7H2,1-6H3/t8-,9+/m1/s1. The number of rotatable bonds is 1. The van der Waals surface area contributed by atoms with Gasteiger partial charge in [0.25, 0.3) is 0 Å². The number of hydrogen-bond donors (Lipinski definition) is 1. The van der Waals surface area contributed by atoms with Crippen molar-refractivity contribution in [3.8, 4) is 0 Å². The summed E-state index contributed by atoms with van der Waals surface area (Å²) in [6, 6.07) is -0.361. The fourth-order valence-electron chi connectivity index (χ4n) is 2.10. The Hall–Kier alpha value is -0.810. The first-order valence-electron chi connectivity index (χ1n) is 5.89. The first-order valence-corrected chi connectivity index (χ1v) is 5.89. The lowest BCUT2D eigenvalue weighted by Crippen LogP contribution is -2.51. The Bertz CT molecular complexity index is 295. The average molecular weight is 245 g/mol. The highest BCUT2D eigenvalue weighted by molar-refractivity contribution is 5.69. The fraction of sp³-hybridized carbons (Fsp3) is 0.917. The van der Waals surface area contributed by atoms with Crippen LogP contribution in [0.3, 0.4) is 0 Å². The Morgan fingerprint density at radius 1 is 1.47 bits per heavy atom. The van der Waals surface area contributed by atoms with Crippen LogP contribution in [0.1, 0.15) is 41.5 Å². The van der Waals surface area contributed by atoms with Crippen LogP contribution in [-0.2, 0) is 9.47 Å². The second kappa shape index (κ2) is 4.46. The minimum absolute atomic E-state index is 0.135. The third-order valence-electron chi connectivity index (χ3n) is 2.71. The molecule has 0 aromatic carbocycles. The lowest BCUT2D eigenvalue weighted by Gasteiger charge is -2.34. The predicted molar refractivity (Wildman–Crippen MR) is 63.6 cm³/mol. The number of amides is 1. The van der Waals surface area contributed by atoms with Crippen molar-refractivity contribution in [2.24, 2.45) is 0 Å². The molecular weight excluding hydrogens is 222 g/mol. The summed E-state index contributed by atoms with van der Waals surface area (Å²) in [6.07, 6.45) is -0.659. The molecule has 1 aliphatic heterocycles. The van der Waals surface area contributed by atoms with Gasteiger partial charge in [0.05, 0.1) is 18.8 Å². The highest BCUT2D eigenvalue weighted by Crippen LogP contribution is 2.33. The minimum atomic E-state index is -0.755. The number of aliphatic hydroxyl groups excluding tert-OH is 1. The van der Waals surface area contributed by atoms with E-state index in [9.17, 15) is 9.90 Å². The average Bonchev–Trinajstić information content (AvgIpc) is 2.31. The van der Waals surface area contributed by atoms with Crippen molar-refractivity contribution in [3.63, 3.8) is 0 Å². The molecule has 1 aliphatic rings. The molecule has 17 heavy (non-hydrogen) atoms. The Kier molecular flexibility index (Phi) is 3.74. The van der Waals surface area contributed by atoms with E-state index in [-0.39, 0.29) is 18.8 Å². The van der Waals surface area contributed by atoms with Gasteiger partial charge in [-0.1, -0.05) is 0 Å². The van der Waals surface area contributed by atoms with Crippen molar-refractivity contribution in [3.05, 3.63) is 0 Å². The van der Waals surface area contributed by atoms with Crippen molar-refractivity contribution < 1.29 is 19.4 Å². The fourth-order valence-corrected chi connectivity index (χ4v) is 2.10. The topological polar surface area (TPSA) is 59.0 Å². The zero-order chi connectivity index (χ0) is 13.4. The molecule has 0 bridgehead atoms. The molecule has 0 spiro atoms. The molecule has 0 saturated carbocycles. The van der Waals surface area contributed by atoms with Crippen LogP contribution in [0.2, 0.25) is 0 Å². The Morgan fingerprint density at radius 3 is 2.41 bits per heavy atom. The van der Waals surface area contributed by atoms with E-state index < -0.39 is 17.4 Å². The molecule has 100 valence electrons. The largest absolute Gasteiger partial charge is 0.444 e. The van der Waals surface area contributed by atoms with Crippen molar-refractivity contribution in [1.82, 2.24) is 4.90 Å². The quantitative estimate of drug-likeness (QED) is 0.764. The van der Waals surface area contributed by atoms with Gasteiger partial charge in [0.15, 0.2) is 0 Å². The van der Waals surface area contributed by atoms with Gasteiger partial charge in [0.1, 0.15) is 11.3 Å². The van der Waals surface area contributed by atoms with Crippen LogP contribution in [0.15, 0.2) is 0 Å². The Balaban J connectivity index is 2.89. The molecule has 1 heterocycles. The van der Waals surface area contributed by atoms with E-state index in [0.717, 1.165) is 0 Å². The summed E-state index contributed by atoms with van der Waals surface area (Å²) in [4.78, 5) is 13.6. The molecule has 5 heteroatoms. The van der Waals surface area contributed by atoms with Gasteiger partial charge >= 0.3 is 6.09 Å². The van der Waals surface area contributed by atoms with E-state index in [4.69, 9.17) is 9.47 Å². The molecule has 0 radical (unpaired) electrons. The van der Waals surface area contributed by atoms with Crippen molar-refractivity contribution in [2.75, 3.05) is 6.61 Å². The van der Waals surface area contributed by atoms with Gasteiger partial charge in [-0.15, -0.1) is 0 Å². The Labute approximate surface area is 103 Å². The summed E-state index contributed by atoms with van der Waals surface area (Å²) < 4.78 is 11.0. The highest BCUT2D eigenvalue weighted by atomic mass is 16.6. The molecule has 5 nitrogen and oxygen atoms in total. The number of nitrogens with zero attached hydrogens (tertiary/aromatic N) is 1. The summed E-state index contributed by atoms with van der Waals surface area (Å²) in [5, 5.41) is 9.36. The van der Waals surface area contributed by atoms with Gasteiger partial charge in [-0.2, -0.15) is 0 Å². The number of carbonyl (C=O) groups excluding carboxylic acids is 1. The monoisotopic (exact) mass is 245 g/mol. The Morgan fingerprint density at radius 2 is 2.00 bits per heavy atom. The van der Waals surface area contributed by atoms with Crippen LogP contribution < -0.4 is 0 Å². The number of carbonyl (C=O) groups is 1. The molecule has 0 unspecified atom stereocenters. The zero-order valence-corrected chi connectivity index (χ0v) is 11.5. The van der Waals surface area contributed by atoms with Crippen LogP contribution in [0.4, 0.5) is 4.79 Å². The molecule has 1 saturated heterocycles. The summed E-state index contributed by atoms with van der Waals surface area (Å²) in [5.74, 6) is 0. The smallest absolute Gasteiger partial charge is 0.412 e. The molecular formula is C12H23NO4. The molecule has 1 amide bonds. The first-order chi connectivity index (χ1) is 7.58. The molecule has 0 aliphatic carbocycles. The SMILES string of the molecule is C[C@H]1OC(C)(C)N(C(=O)OC(C)(C)C)[C@H]1CO. The minimum Gasteiger partial charge on any atom is -0.444 e. The maximum Gasteiger partial charge on any atom is 0.412 e. The predicted octanol–water partition coefficient (Wildman–Crippen LogP) is 1.74. The van der Waals surface area contributed by atoms with Gasteiger partial charge in [0.2, 0.25) is 0 Å². The zero-order valence-electron chi connectivity index (χ0n) is 11.5. The van der Waals surface area contributed by atoms with Crippen LogP contribution in [-0.4, -0.2) is 46.2 Å². The second-order valence-corrected chi connectivity index (χ2v) is 5.87. The second-order valence-electron chi connectivity index (χ2n) is 5.87. The number of hydrogen-bond acceptors (Lipinski definition) is 4. The lowest BCUT2D eigenvalue weighted by molar-refractivity contribution is -0.0762. The van der Waals surface area contributed by atoms with E-state index in [1.54, 1.807) is 13.8 Å². The van der Waals surface area contributed by atoms with Gasteiger partial charge in [-0.05, 0) is 41.5 Å². The maximum absolute atomic E-state index is 12.1. The van der Waals surface area contributed by atoms with Crippen LogP contribution in [0.5, 0.6) is 0 Å². The third-order valence-corrected chi connectivity index (χ3v) is 2.71. The van der Waals surface area contributed by atoms with Gasteiger partial charge < -0.3 is 14.6 Å². The highest BCUT2D eigenvalue weighted by Gasteiger charge is 2.49. The maximum atomic E-state index is 12.1. The lowest BCUT2D eigenvalue weighted by atomic mass is 10.1. The van der Waals surface area contributed by atoms with Gasteiger partial charge in [0, 0.05) is 0 Å². The summed E-state index contributed by atoms with van der Waals surface area (Å²) in [6.45, 7) is 10.7. The summed E-state index contributed by atoms with van der Waals surface area (Å²) >= 11 is 0. The molecule has 0 aromatic rings. The summed E-state index contributed by atoms with van der Waals surface area (Å²) in [7, 11) is 0. The van der Waals surface area contributed by atoms with E-state index in [0.29, 0.717) is 0 Å². The molecule has 1 N–H and O–H groups in total. The molecule has 0 aromatic heterocycles. The van der Waals surface area contributed by atoms with Crippen LogP contribution >= 0.6 is 0 Å². The summed E-state index contributed by atoms with van der Waals surface area (Å²) in [5.41, 5.74) is -1.31. The number of ether oxygens (including phenoxy) is 2. The van der Waals surface area contributed by atoms with E-state index in [1.807, 2.05) is 27.7 Å². The first kappa shape index (κ1) is 14.3. The molecule has 1 fully saturated rings. The third kappa shape index (κ3) is 3.10. The van der Waals surface area contributed by atoms with Gasteiger partial charge in [-0.25, -0.2) is 4.79 Å². The van der Waals surface area contributed by atoms with Crippen molar-refractivity contribution in [2.45, 2.75) is 65.0 Å². The van der Waals surface area contributed by atoms with E-state index in [2.05, 4.69) is 0 Å². The normalized spacial score (nSPS) is 28.3. The van der Waals surface area contributed by atoms with E-state index >= 15 is 0 Å². The van der Waals surface area contributed by atoms with Crippen LogP contribution in [0, 0.1) is 0 Å². The van der Waals surface area contributed by atoms with Gasteiger partial charge in [-0.3, -0.25) is 4.90 Å². The molecule has 1 rings (SSSR count). The molecule has 2 atom stereocenters. The van der Waals surface area contributed by atoms with Crippen molar-refractivity contribution >= 4 is 6.09 Å². The van der Waals surface area contributed by atoms with Crippen molar-refractivity contribution in [1.29, 1.82) is 0 Å². The van der Waals surface area contributed by atoms with E-state index in [1.165, 1.54) is 4.90 Å².